The van der Waals surface area contributed by atoms with Crippen molar-refractivity contribution in [3.05, 3.63) is 0 Å². The molecule has 0 saturated heterocycles. The van der Waals surface area contributed by atoms with Crippen molar-refractivity contribution in [2.45, 2.75) is 13.3 Å². The van der Waals surface area contributed by atoms with Crippen LogP contribution in [0.4, 0.5) is 0 Å². The fourth-order valence-corrected chi connectivity index (χ4v) is 0.451. The molecule has 0 bridgehead atoms. The Bertz CT molecular complexity index is 181. The number of esters is 1. The van der Waals surface area contributed by atoms with Crippen LogP contribution in [0.1, 0.15) is 13.3 Å². The molecule has 0 amide bonds. The summed E-state index contributed by atoms with van der Waals surface area (Å²) in [6, 6.07) is 1.87. The zero-order chi connectivity index (χ0) is 8.53. The van der Waals surface area contributed by atoms with E-state index in [2.05, 4.69) is 9.73 Å². The number of carbonyl (C=O) groups is 1. The molecule has 0 atom stereocenters. The lowest BCUT2D eigenvalue weighted by atomic mass is 10.5. The van der Waals surface area contributed by atoms with Gasteiger partial charge in [0.25, 0.3) is 0 Å². The van der Waals surface area contributed by atoms with Crippen molar-refractivity contribution >= 4 is 12.2 Å². The summed E-state index contributed by atoms with van der Waals surface area (Å²) in [6.45, 7) is 2.11. The number of nitriles is 1. The molecule has 0 saturated carbocycles. The molecule has 0 fully saturated rings. The summed E-state index contributed by atoms with van der Waals surface area (Å²) in [5, 5.41) is 8.08. The van der Waals surface area contributed by atoms with Crippen LogP contribution in [0, 0.1) is 11.3 Å². The quantitative estimate of drug-likeness (QED) is 0.438. The molecule has 60 valence electrons. The second-order valence-electron chi connectivity index (χ2n) is 1.69. The Labute approximate surface area is 65.5 Å². The van der Waals surface area contributed by atoms with Gasteiger partial charge in [0.15, 0.2) is 0 Å². The number of hydrogen-bond donors (Lipinski definition) is 0. The van der Waals surface area contributed by atoms with Gasteiger partial charge in [0.05, 0.1) is 19.1 Å². The van der Waals surface area contributed by atoms with E-state index in [1.165, 1.54) is 6.21 Å². The molecule has 0 N–H and O–H groups in total. The molecule has 0 aromatic heterocycles. The van der Waals surface area contributed by atoms with Crippen LogP contribution in [0.2, 0.25) is 0 Å². The van der Waals surface area contributed by atoms with Gasteiger partial charge in [-0.1, -0.05) is 0 Å². The van der Waals surface area contributed by atoms with Crippen molar-refractivity contribution < 1.29 is 9.53 Å². The van der Waals surface area contributed by atoms with E-state index in [1.54, 1.807) is 6.92 Å². The molecule has 4 heteroatoms. The van der Waals surface area contributed by atoms with Crippen LogP contribution in [0.5, 0.6) is 0 Å². The van der Waals surface area contributed by atoms with E-state index >= 15 is 0 Å². The van der Waals surface area contributed by atoms with Gasteiger partial charge in [-0.25, -0.2) is 0 Å². The SMILES string of the molecule is CCOC(=O)CN=CCC#N. The molecule has 11 heavy (non-hydrogen) atoms. The molecule has 0 aromatic rings. The summed E-state index contributed by atoms with van der Waals surface area (Å²) in [5.41, 5.74) is 0. The molecule has 0 heterocycles. The van der Waals surface area contributed by atoms with Crippen molar-refractivity contribution in [2.24, 2.45) is 4.99 Å². The second kappa shape index (κ2) is 6.75. The van der Waals surface area contributed by atoms with Crippen molar-refractivity contribution in [3.8, 4) is 6.07 Å². The van der Waals surface area contributed by atoms with E-state index in [1.807, 2.05) is 6.07 Å². The Kier molecular flexibility index (Phi) is 5.91. The second-order valence-corrected chi connectivity index (χ2v) is 1.69. The van der Waals surface area contributed by atoms with Crippen LogP contribution in [0.15, 0.2) is 4.99 Å². The van der Waals surface area contributed by atoms with Crippen LogP contribution in [0.3, 0.4) is 0 Å². The highest BCUT2D eigenvalue weighted by Crippen LogP contribution is 1.79. The molecule has 0 radical (unpaired) electrons. The van der Waals surface area contributed by atoms with Crippen LogP contribution in [-0.2, 0) is 9.53 Å². The summed E-state index contributed by atoms with van der Waals surface area (Å²) in [5.74, 6) is -0.360. The van der Waals surface area contributed by atoms with Gasteiger partial charge in [-0.2, -0.15) is 5.26 Å². The Balaban J connectivity index is 3.38. The first kappa shape index (κ1) is 9.63. The Morgan fingerprint density at radius 3 is 3.09 bits per heavy atom. The normalized spacial score (nSPS) is 9.45. The summed E-state index contributed by atoms with van der Waals surface area (Å²) in [6.07, 6.45) is 1.64. The van der Waals surface area contributed by atoms with Crippen molar-refractivity contribution in [2.75, 3.05) is 13.2 Å². The lowest BCUT2D eigenvalue weighted by molar-refractivity contribution is -0.141. The first-order valence-corrected chi connectivity index (χ1v) is 3.32. The topological polar surface area (TPSA) is 62.4 Å². The summed E-state index contributed by atoms with van der Waals surface area (Å²) in [7, 11) is 0. The van der Waals surface area contributed by atoms with Gasteiger partial charge in [0.1, 0.15) is 6.54 Å². The lowest BCUT2D eigenvalue weighted by Crippen LogP contribution is -2.07. The summed E-state index contributed by atoms with van der Waals surface area (Å²) in [4.78, 5) is 14.2. The maximum Gasteiger partial charge on any atom is 0.327 e. The minimum absolute atomic E-state index is 0.00944. The molecule has 0 aliphatic rings. The fraction of sp³-hybridized carbons (Fsp3) is 0.571. The summed E-state index contributed by atoms with van der Waals surface area (Å²) >= 11 is 0. The molecule has 0 rings (SSSR count). The molecule has 0 aromatic carbocycles. The molecular weight excluding hydrogens is 144 g/mol. The van der Waals surface area contributed by atoms with Crippen LogP contribution < -0.4 is 0 Å². The Morgan fingerprint density at radius 2 is 2.55 bits per heavy atom. The smallest absolute Gasteiger partial charge is 0.327 e. The van der Waals surface area contributed by atoms with Gasteiger partial charge >= 0.3 is 5.97 Å². The molecule has 0 aliphatic heterocycles. The zero-order valence-electron chi connectivity index (χ0n) is 6.41. The fourth-order valence-electron chi connectivity index (χ4n) is 0.451. The summed E-state index contributed by atoms with van der Waals surface area (Å²) < 4.78 is 4.59. The first-order chi connectivity index (χ1) is 5.31. The lowest BCUT2D eigenvalue weighted by Gasteiger charge is -1.95. The highest BCUT2D eigenvalue weighted by molar-refractivity contribution is 5.74. The molecule has 0 aliphatic carbocycles. The van der Waals surface area contributed by atoms with E-state index in [9.17, 15) is 4.79 Å². The van der Waals surface area contributed by atoms with Gasteiger partial charge in [0, 0.05) is 6.21 Å². The molecule has 0 unspecified atom stereocenters. The van der Waals surface area contributed by atoms with Gasteiger partial charge in [-0.3, -0.25) is 9.79 Å². The zero-order valence-corrected chi connectivity index (χ0v) is 6.41. The van der Waals surface area contributed by atoms with Crippen molar-refractivity contribution in [1.29, 1.82) is 5.26 Å². The molecule has 0 spiro atoms. The third kappa shape index (κ3) is 6.52. The largest absolute Gasteiger partial charge is 0.465 e. The number of carbonyl (C=O) groups excluding carboxylic acids is 1. The average molecular weight is 154 g/mol. The monoisotopic (exact) mass is 154 g/mol. The minimum Gasteiger partial charge on any atom is -0.465 e. The van der Waals surface area contributed by atoms with E-state index in [-0.39, 0.29) is 18.9 Å². The van der Waals surface area contributed by atoms with E-state index < -0.39 is 0 Å². The predicted molar refractivity (Wildman–Crippen MR) is 40.2 cm³/mol. The van der Waals surface area contributed by atoms with E-state index in [4.69, 9.17) is 5.26 Å². The van der Waals surface area contributed by atoms with E-state index in [0.717, 1.165) is 0 Å². The van der Waals surface area contributed by atoms with E-state index in [0.29, 0.717) is 6.61 Å². The number of nitrogens with zero attached hydrogens (tertiary/aromatic N) is 2. The minimum atomic E-state index is -0.360. The maximum absolute atomic E-state index is 10.6. The van der Waals surface area contributed by atoms with Crippen LogP contribution in [-0.4, -0.2) is 25.3 Å². The Morgan fingerprint density at radius 1 is 1.82 bits per heavy atom. The highest BCUT2D eigenvalue weighted by atomic mass is 16.5. The standard InChI is InChI=1S/C7H10N2O2/c1-2-11-7(10)6-9-5-3-4-8/h5H,2-3,6H2,1H3. The van der Waals surface area contributed by atoms with Crippen LogP contribution >= 0.6 is 0 Å². The van der Waals surface area contributed by atoms with Crippen molar-refractivity contribution in [3.63, 3.8) is 0 Å². The van der Waals surface area contributed by atoms with Crippen molar-refractivity contribution in [1.82, 2.24) is 0 Å². The average Bonchev–Trinajstić information content (AvgIpc) is 1.99. The number of hydrogen-bond acceptors (Lipinski definition) is 4. The molecular formula is C7H10N2O2. The van der Waals surface area contributed by atoms with Gasteiger partial charge < -0.3 is 4.74 Å². The number of rotatable bonds is 4. The third-order valence-corrected chi connectivity index (χ3v) is 0.837. The third-order valence-electron chi connectivity index (χ3n) is 0.837. The first-order valence-electron chi connectivity index (χ1n) is 3.32. The highest BCUT2D eigenvalue weighted by Gasteiger charge is 1.95. The van der Waals surface area contributed by atoms with Crippen LogP contribution in [0.25, 0.3) is 0 Å². The predicted octanol–water partition coefficient (Wildman–Crippen LogP) is 0.534. The molecule has 4 nitrogen and oxygen atoms in total. The van der Waals surface area contributed by atoms with Gasteiger partial charge in [-0.05, 0) is 6.92 Å². The van der Waals surface area contributed by atoms with Gasteiger partial charge in [0.2, 0.25) is 0 Å². The number of aliphatic imine (C=N–C) groups is 1. The number of ether oxygens (including phenoxy) is 1. The Hall–Kier alpha value is -1.37. The maximum atomic E-state index is 10.6. The van der Waals surface area contributed by atoms with Gasteiger partial charge in [-0.15, -0.1) is 0 Å².